The Morgan fingerprint density at radius 2 is 1.96 bits per heavy atom. The monoisotopic (exact) mass is 347 g/mol. The van der Waals surface area contributed by atoms with Crippen molar-refractivity contribution in [1.82, 2.24) is 0 Å². The minimum atomic E-state index is -0.511. The fourth-order valence-corrected chi connectivity index (χ4v) is 2.60. The molecule has 1 N–H and O–H groups in total. The minimum absolute atomic E-state index is 0.0743. The normalized spacial score (nSPS) is 10.3. The molecule has 126 valence electrons. The van der Waals surface area contributed by atoms with Gasteiger partial charge in [-0.05, 0) is 37.1 Å². The molecule has 0 spiro atoms. The first-order chi connectivity index (χ1) is 11.3. The summed E-state index contributed by atoms with van der Waals surface area (Å²) >= 11 is 6.08. The number of nitrogens with one attached hydrogen (secondary N) is 1. The van der Waals surface area contributed by atoms with E-state index in [0.29, 0.717) is 5.69 Å². The van der Waals surface area contributed by atoms with Crippen LogP contribution in [0.4, 0.5) is 17.1 Å². The molecule has 1 amide bonds. The van der Waals surface area contributed by atoms with E-state index in [1.807, 2.05) is 32.0 Å². The highest BCUT2D eigenvalue weighted by atomic mass is 35.5. The maximum Gasteiger partial charge on any atom is 0.271 e. The molecule has 24 heavy (non-hydrogen) atoms. The van der Waals surface area contributed by atoms with E-state index in [2.05, 4.69) is 5.32 Å². The van der Waals surface area contributed by atoms with Gasteiger partial charge < -0.3 is 10.2 Å². The summed E-state index contributed by atoms with van der Waals surface area (Å²) in [6, 6.07) is 10.0. The molecule has 7 heteroatoms. The molecule has 0 saturated carbocycles. The number of aryl methyl sites for hydroxylation is 2. The molecule has 0 aromatic heterocycles. The van der Waals surface area contributed by atoms with E-state index >= 15 is 0 Å². The molecule has 0 aliphatic heterocycles. The van der Waals surface area contributed by atoms with Crippen molar-refractivity contribution in [2.24, 2.45) is 0 Å². The summed E-state index contributed by atoms with van der Waals surface area (Å²) < 4.78 is 0. The summed E-state index contributed by atoms with van der Waals surface area (Å²) in [4.78, 5) is 24.1. The number of benzene rings is 2. The van der Waals surface area contributed by atoms with Crippen LogP contribution in [0, 0.1) is 24.0 Å². The second kappa shape index (κ2) is 7.31. The van der Waals surface area contributed by atoms with Crippen LogP contribution >= 0.6 is 11.6 Å². The first kappa shape index (κ1) is 17.7. The SMILES string of the molecule is Cc1ccc(C)c(NC(=O)CN(C)c2ccc([N+](=O)[O-])cc2Cl)c1. The molecule has 0 bridgehead atoms. The lowest BCUT2D eigenvalue weighted by molar-refractivity contribution is -0.384. The largest absolute Gasteiger partial charge is 0.364 e. The third-order valence-corrected chi connectivity index (χ3v) is 3.90. The van der Waals surface area contributed by atoms with Crippen LogP contribution in [0.3, 0.4) is 0 Å². The Bertz CT molecular complexity index is 793. The first-order valence-corrected chi connectivity index (χ1v) is 7.68. The molecule has 0 radical (unpaired) electrons. The lowest BCUT2D eigenvalue weighted by atomic mass is 10.1. The van der Waals surface area contributed by atoms with Gasteiger partial charge >= 0.3 is 0 Å². The van der Waals surface area contributed by atoms with E-state index in [0.717, 1.165) is 16.8 Å². The van der Waals surface area contributed by atoms with Crippen LogP contribution in [0.15, 0.2) is 36.4 Å². The van der Waals surface area contributed by atoms with Crippen LogP contribution in [-0.2, 0) is 4.79 Å². The summed E-state index contributed by atoms with van der Waals surface area (Å²) in [5.41, 5.74) is 3.27. The van der Waals surface area contributed by atoms with Crippen molar-refractivity contribution in [3.63, 3.8) is 0 Å². The highest BCUT2D eigenvalue weighted by Gasteiger charge is 2.15. The van der Waals surface area contributed by atoms with Crippen molar-refractivity contribution in [2.45, 2.75) is 13.8 Å². The predicted octanol–water partition coefficient (Wildman–Crippen LogP) is 3.94. The van der Waals surface area contributed by atoms with Gasteiger partial charge in [-0.3, -0.25) is 14.9 Å². The third-order valence-electron chi connectivity index (χ3n) is 3.60. The standard InChI is InChI=1S/C17H18ClN3O3/c1-11-4-5-12(2)15(8-11)19-17(22)10-20(3)16-7-6-13(21(23)24)9-14(16)18/h4-9H,10H2,1-3H3,(H,19,22). The van der Waals surface area contributed by atoms with Gasteiger partial charge in [-0.15, -0.1) is 0 Å². The van der Waals surface area contributed by atoms with Crippen molar-refractivity contribution in [3.05, 3.63) is 62.7 Å². The van der Waals surface area contributed by atoms with Gasteiger partial charge in [-0.25, -0.2) is 0 Å². The molecule has 2 aromatic rings. The second-order valence-corrected chi connectivity index (χ2v) is 6.02. The Balaban J connectivity index is 2.09. The topological polar surface area (TPSA) is 75.5 Å². The number of rotatable bonds is 5. The predicted molar refractivity (Wildman–Crippen MR) is 95.9 cm³/mol. The number of halogens is 1. The fraction of sp³-hybridized carbons (Fsp3) is 0.235. The number of anilines is 2. The first-order valence-electron chi connectivity index (χ1n) is 7.30. The van der Waals surface area contributed by atoms with E-state index in [4.69, 9.17) is 11.6 Å². The molecule has 0 fully saturated rings. The highest BCUT2D eigenvalue weighted by Crippen LogP contribution is 2.29. The molecule has 0 aliphatic rings. The van der Waals surface area contributed by atoms with E-state index in [1.54, 1.807) is 11.9 Å². The van der Waals surface area contributed by atoms with Crippen molar-refractivity contribution in [1.29, 1.82) is 0 Å². The smallest absolute Gasteiger partial charge is 0.271 e. The molecule has 0 atom stereocenters. The number of nitro benzene ring substituents is 1. The van der Waals surface area contributed by atoms with Crippen LogP contribution in [-0.4, -0.2) is 24.4 Å². The zero-order valence-electron chi connectivity index (χ0n) is 13.7. The zero-order chi connectivity index (χ0) is 17.9. The van der Waals surface area contributed by atoms with Crippen LogP contribution in [0.25, 0.3) is 0 Å². The number of hydrogen-bond donors (Lipinski definition) is 1. The van der Waals surface area contributed by atoms with Gasteiger partial charge in [-0.2, -0.15) is 0 Å². The molecule has 2 aromatic carbocycles. The molecule has 0 unspecified atom stereocenters. The van der Waals surface area contributed by atoms with E-state index in [-0.39, 0.29) is 23.2 Å². The molecule has 2 rings (SSSR count). The van der Waals surface area contributed by atoms with Crippen LogP contribution in [0.2, 0.25) is 5.02 Å². The van der Waals surface area contributed by atoms with Crippen molar-refractivity contribution >= 4 is 34.6 Å². The average Bonchev–Trinajstić information content (AvgIpc) is 2.50. The quantitative estimate of drug-likeness (QED) is 0.656. The molecule has 0 aliphatic carbocycles. The number of non-ortho nitro benzene ring substituents is 1. The Morgan fingerprint density at radius 1 is 1.25 bits per heavy atom. The van der Waals surface area contributed by atoms with Crippen molar-refractivity contribution in [2.75, 3.05) is 23.8 Å². The van der Waals surface area contributed by atoms with E-state index in [9.17, 15) is 14.9 Å². The summed E-state index contributed by atoms with van der Waals surface area (Å²) in [7, 11) is 1.70. The number of carbonyl (C=O) groups excluding carboxylic acids is 1. The summed E-state index contributed by atoms with van der Waals surface area (Å²) in [6.07, 6.45) is 0. The van der Waals surface area contributed by atoms with Crippen molar-refractivity contribution in [3.8, 4) is 0 Å². The Kier molecular flexibility index (Phi) is 5.41. The maximum atomic E-state index is 12.2. The molecule has 6 nitrogen and oxygen atoms in total. The lowest BCUT2D eigenvalue weighted by Crippen LogP contribution is -2.30. The number of likely N-dealkylation sites (N-methyl/N-ethyl adjacent to an activating group) is 1. The van der Waals surface area contributed by atoms with Gasteiger partial charge in [0.05, 0.1) is 22.2 Å². The van der Waals surface area contributed by atoms with Gasteiger partial charge in [0.2, 0.25) is 5.91 Å². The molecule has 0 heterocycles. The number of amides is 1. The fourth-order valence-electron chi connectivity index (χ4n) is 2.28. The Hall–Kier alpha value is -2.60. The second-order valence-electron chi connectivity index (χ2n) is 5.62. The Labute approximate surface area is 145 Å². The maximum absolute atomic E-state index is 12.2. The van der Waals surface area contributed by atoms with Gasteiger partial charge in [0.25, 0.3) is 5.69 Å². The lowest BCUT2D eigenvalue weighted by Gasteiger charge is -2.20. The van der Waals surface area contributed by atoms with Crippen LogP contribution < -0.4 is 10.2 Å². The minimum Gasteiger partial charge on any atom is -0.364 e. The van der Waals surface area contributed by atoms with Crippen LogP contribution in [0.1, 0.15) is 11.1 Å². The number of carbonyl (C=O) groups is 1. The zero-order valence-corrected chi connectivity index (χ0v) is 14.4. The van der Waals surface area contributed by atoms with Gasteiger partial charge in [0.15, 0.2) is 0 Å². The molecule has 0 saturated heterocycles. The van der Waals surface area contributed by atoms with Crippen LogP contribution in [0.5, 0.6) is 0 Å². The highest BCUT2D eigenvalue weighted by molar-refractivity contribution is 6.33. The number of hydrogen-bond acceptors (Lipinski definition) is 4. The third kappa shape index (κ3) is 4.23. The summed E-state index contributed by atoms with van der Waals surface area (Å²) in [5.74, 6) is -0.194. The average molecular weight is 348 g/mol. The molecular weight excluding hydrogens is 330 g/mol. The van der Waals surface area contributed by atoms with Gasteiger partial charge in [0.1, 0.15) is 0 Å². The summed E-state index contributed by atoms with van der Waals surface area (Å²) in [5, 5.41) is 13.8. The summed E-state index contributed by atoms with van der Waals surface area (Å²) in [6.45, 7) is 3.95. The van der Waals surface area contributed by atoms with Gasteiger partial charge in [0, 0.05) is 24.9 Å². The van der Waals surface area contributed by atoms with Gasteiger partial charge in [-0.1, -0.05) is 23.7 Å². The molecular formula is C17H18ClN3O3. The number of nitro groups is 1. The number of nitrogens with zero attached hydrogens (tertiary/aromatic N) is 2. The van der Waals surface area contributed by atoms with Crippen molar-refractivity contribution < 1.29 is 9.72 Å². The van der Waals surface area contributed by atoms with E-state index in [1.165, 1.54) is 18.2 Å². The Morgan fingerprint density at radius 3 is 2.58 bits per heavy atom. The van der Waals surface area contributed by atoms with E-state index < -0.39 is 4.92 Å².